The first-order valence-electron chi connectivity index (χ1n) is 13.8. The number of rotatable bonds is 8. The van der Waals surface area contributed by atoms with Crippen LogP contribution in [0, 0.1) is 12.8 Å². The third-order valence-corrected chi connectivity index (χ3v) is 7.89. The number of carbonyl (C=O) groups excluding carboxylic acids is 1. The zero-order chi connectivity index (χ0) is 24.7. The minimum absolute atomic E-state index is 0.129. The molecule has 1 N–H and O–H groups in total. The van der Waals surface area contributed by atoms with E-state index in [2.05, 4.69) is 57.6 Å². The van der Waals surface area contributed by atoms with Gasteiger partial charge in [0.05, 0.1) is 5.69 Å². The number of aryl methyl sites for hydroxylation is 1. The fourth-order valence-corrected chi connectivity index (χ4v) is 5.69. The first-order chi connectivity index (χ1) is 17.7. The highest BCUT2D eigenvalue weighted by Crippen LogP contribution is 2.30. The largest absolute Gasteiger partial charge is 0.441 e. The standard InChI is InChI=1S/C30H40N4O2/c1-23-28(32-30(36-23)27-13-8-11-24-10-4-5-12-26(24)27)22-34-20-14-25(15-21-34)29(35)31-16-9-19-33-17-6-2-3-7-18-33/h4-5,8,10-13,25H,2-3,6-7,9,14-22H2,1H3,(H,31,35). The minimum Gasteiger partial charge on any atom is -0.441 e. The number of piperidine rings is 1. The van der Waals surface area contributed by atoms with Crippen molar-refractivity contribution in [1.29, 1.82) is 0 Å². The molecule has 5 rings (SSSR count). The number of hydrogen-bond acceptors (Lipinski definition) is 5. The van der Waals surface area contributed by atoms with Crippen molar-refractivity contribution in [2.45, 2.75) is 58.4 Å². The van der Waals surface area contributed by atoms with Gasteiger partial charge in [0.25, 0.3) is 0 Å². The van der Waals surface area contributed by atoms with E-state index in [-0.39, 0.29) is 11.8 Å². The monoisotopic (exact) mass is 488 g/mol. The van der Waals surface area contributed by atoms with E-state index >= 15 is 0 Å². The highest BCUT2D eigenvalue weighted by Gasteiger charge is 2.26. The van der Waals surface area contributed by atoms with E-state index in [1.165, 1.54) is 44.2 Å². The molecule has 2 aliphatic heterocycles. The SMILES string of the molecule is Cc1oc(-c2cccc3ccccc23)nc1CN1CCC(C(=O)NCCCN2CCCCCC2)CC1. The van der Waals surface area contributed by atoms with Crippen molar-refractivity contribution in [2.24, 2.45) is 5.92 Å². The summed E-state index contributed by atoms with van der Waals surface area (Å²) in [5.41, 5.74) is 2.03. The van der Waals surface area contributed by atoms with Gasteiger partial charge in [0.1, 0.15) is 5.76 Å². The number of likely N-dealkylation sites (tertiary alicyclic amines) is 2. The Bertz CT molecular complexity index is 1140. The second-order valence-electron chi connectivity index (χ2n) is 10.5. The summed E-state index contributed by atoms with van der Waals surface area (Å²) >= 11 is 0. The quantitative estimate of drug-likeness (QED) is 0.430. The summed E-state index contributed by atoms with van der Waals surface area (Å²) in [5.74, 6) is 1.93. The van der Waals surface area contributed by atoms with E-state index in [0.29, 0.717) is 5.89 Å². The highest BCUT2D eigenvalue weighted by atomic mass is 16.4. The molecule has 192 valence electrons. The molecule has 0 unspecified atom stereocenters. The predicted molar refractivity (Wildman–Crippen MR) is 145 cm³/mol. The molecule has 0 saturated carbocycles. The van der Waals surface area contributed by atoms with Crippen LogP contribution in [0.25, 0.3) is 22.2 Å². The van der Waals surface area contributed by atoms with Crippen LogP contribution in [-0.4, -0.2) is 60.0 Å². The molecule has 2 fully saturated rings. The van der Waals surface area contributed by atoms with Gasteiger partial charge >= 0.3 is 0 Å². The third-order valence-electron chi connectivity index (χ3n) is 7.89. The topological polar surface area (TPSA) is 61.6 Å². The number of hydrogen-bond donors (Lipinski definition) is 1. The molecule has 2 saturated heterocycles. The Kier molecular flexibility index (Phi) is 8.34. The zero-order valence-corrected chi connectivity index (χ0v) is 21.7. The van der Waals surface area contributed by atoms with Gasteiger partial charge in [-0.2, -0.15) is 0 Å². The van der Waals surface area contributed by atoms with Crippen LogP contribution in [0.2, 0.25) is 0 Å². The molecule has 0 radical (unpaired) electrons. The minimum atomic E-state index is 0.129. The van der Waals surface area contributed by atoms with Gasteiger partial charge < -0.3 is 14.6 Å². The Hall–Kier alpha value is -2.70. The summed E-state index contributed by atoms with van der Waals surface area (Å²) < 4.78 is 6.11. The van der Waals surface area contributed by atoms with Gasteiger partial charge in [0, 0.05) is 24.6 Å². The van der Waals surface area contributed by atoms with E-state index in [1.54, 1.807) is 0 Å². The molecule has 6 heteroatoms. The lowest BCUT2D eigenvalue weighted by atomic mass is 9.95. The second kappa shape index (κ2) is 12.0. The first-order valence-corrected chi connectivity index (χ1v) is 13.8. The maximum Gasteiger partial charge on any atom is 0.227 e. The molecule has 2 aromatic carbocycles. The van der Waals surface area contributed by atoms with Crippen LogP contribution in [0.1, 0.15) is 56.4 Å². The predicted octanol–water partition coefficient (Wildman–Crippen LogP) is 5.40. The Balaban J connectivity index is 1.08. The molecule has 0 aliphatic carbocycles. The molecule has 3 aromatic rings. The molecule has 6 nitrogen and oxygen atoms in total. The molecule has 0 atom stereocenters. The number of carbonyl (C=O) groups is 1. The normalized spacial score (nSPS) is 18.4. The van der Waals surface area contributed by atoms with E-state index in [1.807, 2.05) is 6.92 Å². The van der Waals surface area contributed by atoms with Crippen LogP contribution in [-0.2, 0) is 11.3 Å². The van der Waals surface area contributed by atoms with Gasteiger partial charge in [-0.25, -0.2) is 4.98 Å². The number of nitrogens with zero attached hydrogens (tertiary/aromatic N) is 3. The van der Waals surface area contributed by atoms with Crippen molar-refractivity contribution in [3.63, 3.8) is 0 Å². The van der Waals surface area contributed by atoms with Crippen molar-refractivity contribution < 1.29 is 9.21 Å². The lowest BCUT2D eigenvalue weighted by Crippen LogP contribution is -2.41. The summed E-state index contributed by atoms with van der Waals surface area (Å²) in [7, 11) is 0. The van der Waals surface area contributed by atoms with Gasteiger partial charge in [-0.3, -0.25) is 9.69 Å². The number of nitrogens with one attached hydrogen (secondary N) is 1. The second-order valence-corrected chi connectivity index (χ2v) is 10.5. The van der Waals surface area contributed by atoms with Crippen LogP contribution < -0.4 is 5.32 Å². The molecule has 1 aromatic heterocycles. The van der Waals surface area contributed by atoms with Gasteiger partial charge in [-0.05, 0) is 88.6 Å². The summed E-state index contributed by atoms with van der Waals surface area (Å²) in [5, 5.41) is 5.55. The van der Waals surface area contributed by atoms with Crippen LogP contribution in [0.3, 0.4) is 0 Å². The van der Waals surface area contributed by atoms with Gasteiger partial charge in [0.2, 0.25) is 11.8 Å². The zero-order valence-electron chi connectivity index (χ0n) is 21.7. The van der Waals surface area contributed by atoms with Crippen molar-refractivity contribution >= 4 is 16.7 Å². The van der Waals surface area contributed by atoms with Crippen molar-refractivity contribution in [3.05, 3.63) is 53.9 Å². The Morgan fingerprint density at radius 2 is 1.72 bits per heavy atom. The molecule has 3 heterocycles. The summed E-state index contributed by atoms with van der Waals surface area (Å²) in [6, 6.07) is 14.6. The summed E-state index contributed by atoms with van der Waals surface area (Å²) in [6.45, 7) is 8.96. The molecule has 0 bridgehead atoms. The van der Waals surface area contributed by atoms with Gasteiger partial charge in [-0.15, -0.1) is 0 Å². The number of aromatic nitrogens is 1. The lowest BCUT2D eigenvalue weighted by Gasteiger charge is -2.30. The van der Waals surface area contributed by atoms with Crippen LogP contribution in [0.4, 0.5) is 0 Å². The van der Waals surface area contributed by atoms with Crippen molar-refractivity contribution in [3.8, 4) is 11.5 Å². The number of benzene rings is 2. The molecule has 0 spiro atoms. The maximum absolute atomic E-state index is 12.7. The third kappa shape index (κ3) is 6.16. The van der Waals surface area contributed by atoms with Crippen LogP contribution in [0.15, 0.2) is 46.9 Å². The van der Waals surface area contributed by atoms with E-state index in [9.17, 15) is 4.79 Å². The average Bonchev–Trinajstić information content (AvgIpc) is 3.09. The smallest absolute Gasteiger partial charge is 0.227 e. The molecular formula is C30H40N4O2. The fourth-order valence-electron chi connectivity index (χ4n) is 5.69. The lowest BCUT2D eigenvalue weighted by molar-refractivity contribution is -0.126. The molecular weight excluding hydrogens is 448 g/mol. The van der Waals surface area contributed by atoms with E-state index in [4.69, 9.17) is 9.40 Å². The van der Waals surface area contributed by atoms with Crippen molar-refractivity contribution in [2.75, 3.05) is 39.3 Å². The van der Waals surface area contributed by atoms with Crippen LogP contribution in [0.5, 0.6) is 0 Å². The number of amides is 1. The highest BCUT2D eigenvalue weighted by molar-refractivity contribution is 5.94. The van der Waals surface area contributed by atoms with Crippen molar-refractivity contribution in [1.82, 2.24) is 20.1 Å². The molecule has 1 amide bonds. The van der Waals surface area contributed by atoms with E-state index in [0.717, 1.165) is 74.4 Å². The van der Waals surface area contributed by atoms with Gasteiger partial charge in [0.15, 0.2) is 0 Å². The average molecular weight is 489 g/mol. The van der Waals surface area contributed by atoms with Crippen LogP contribution >= 0.6 is 0 Å². The molecule has 36 heavy (non-hydrogen) atoms. The Morgan fingerprint density at radius 3 is 2.53 bits per heavy atom. The maximum atomic E-state index is 12.7. The number of fused-ring (bicyclic) bond motifs is 1. The number of oxazole rings is 1. The fraction of sp³-hybridized carbons (Fsp3) is 0.533. The summed E-state index contributed by atoms with van der Waals surface area (Å²) in [4.78, 5) is 22.6. The van der Waals surface area contributed by atoms with Gasteiger partial charge in [-0.1, -0.05) is 49.2 Å². The Morgan fingerprint density at radius 1 is 0.972 bits per heavy atom. The van der Waals surface area contributed by atoms with E-state index < -0.39 is 0 Å². The summed E-state index contributed by atoms with van der Waals surface area (Å²) in [6.07, 6.45) is 8.25. The Labute approximate surface area is 215 Å². The molecule has 2 aliphatic rings. The first kappa shape index (κ1) is 25.0.